The van der Waals surface area contributed by atoms with Crippen LogP contribution in [0.25, 0.3) is 0 Å². The van der Waals surface area contributed by atoms with Gasteiger partial charge in [-0.25, -0.2) is 0 Å². The van der Waals surface area contributed by atoms with Crippen LogP contribution in [0.2, 0.25) is 0 Å². The van der Waals surface area contributed by atoms with Crippen molar-refractivity contribution in [2.24, 2.45) is 4.99 Å². The molecule has 0 aliphatic heterocycles. The first-order chi connectivity index (χ1) is 10.5. The topological polar surface area (TPSA) is 34.4 Å². The summed E-state index contributed by atoms with van der Waals surface area (Å²) in [4.78, 5) is 18.2. The third kappa shape index (κ3) is 4.34. The van der Waals surface area contributed by atoms with E-state index in [9.17, 15) is 4.79 Å². The van der Waals surface area contributed by atoms with Crippen molar-refractivity contribution in [2.75, 3.05) is 5.75 Å². The molecule has 0 atom stereocenters. The molecule has 0 saturated heterocycles. The molecule has 1 heterocycles. The van der Waals surface area contributed by atoms with Crippen molar-refractivity contribution in [1.29, 1.82) is 0 Å². The van der Waals surface area contributed by atoms with Gasteiger partial charge in [0, 0.05) is 17.1 Å². The molecule has 0 aliphatic carbocycles. The molecule has 0 spiro atoms. The fourth-order valence-corrected chi connectivity index (χ4v) is 3.07. The highest BCUT2D eigenvalue weighted by Crippen LogP contribution is 2.23. The zero-order chi connectivity index (χ0) is 16.1. The van der Waals surface area contributed by atoms with Gasteiger partial charge in [-0.3, -0.25) is 14.4 Å². The maximum atomic E-state index is 12.5. The molecule has 0 bridgehead atoms. The molecular formula is C18H22N2OS. The van der Waals surface area contributed by atoms with Gasteiger partial charge in [0.1, 0.15) is 5.49 Å². The molecule has 0 saturated carbocycles. The molecular weight excluding hydrogens is 292 g/mol. The number of pyridine rings is 1. The minimum Gasteiger partial charge on any atom is -0.273 e. The third-order valence-corrected chi connectivity index (χ3v) is 4.33. The highest BCUT2D eigenvalue weighted by atomic mass is 32.2. The summed E-state index contributed by atoms with van der Waals surface area (Å²) in [5.41, 5.74) is 3.13. The molecule has 0 fully saturated rings. The summed E-state index contributed by atoms with van der Waals surface area (Å²) in [5, 5.41) is 0. The Bertz CT molecular complexity index is 732. The van der Waals surface area contributed by atoms with Crippen LogP contribution in [0.3, 0.4) is 0 Å². The van der Waals surface area contributed by atoms with Crippen molar-refractivity contribution in [1.82, 2.24) is 4.57 Å². The molecule has 1 aromatic carbocycles. The predicted octanol–water partition coefficient (Wildman–Crippen LogP) is 3.85. The second-order valence-corrected chi connectivity index (χ2v) is 6.62. The van der Waals surface area contributed by atoms with Crippen LogP contribution in [-0.4, -0.2) is 22.3 Å². The van der Waals surface area contributed by atoms with Crippen LogP contribution in [0.4, 0.5) is 0 Å². The monoisotopic (exact) mass is 314 g/mol. The van der Waals surface area contributed by atoms with Crippen molar-refractivity contribution in [3.05, 3.63) is 59.2 Å². The summed E-state index contributed by atoms with van der Waals surface area (Å²) in [5.74, 6) is 0.450. The zero-order valence-corrected chi connectivity index (χ0v) is 14.4. The van der Waals surface area contributed by atoms with Crippen molar-refractivity contribution < 1.29 is 4.79 Å². The average Bonchev–Trinajstić information content (AvgIpc) is 2.48. The van der Waals surface area contributed by atoms with E-state index in [4.69, 9.17) is 0 Å². The molecule has 2 rings (SSSR count). The summed E-state index contributed by atoms with van der Waals surface area (Å²) < 4.78 is 1.64. The van der Waals surface area contributed by atoms with Gasteiger partial charge in [-0.15, -0.1) is 11.8 Å². The number of thioether (sulfide) groups is 1. The number of nitrogens with zero attached hydrogens (tertiary/aromatic N) is 2. The minimum absolute atomic E-state index is 0.0471. The van der Waals surface area contributed by atoms with E-state index in [-0.39, 0.29) is 11.9 Å². The number of carbonyl (C=O) groups excluding carboxylic acids is 1. The average molecular weight is 314 g/mol. The van der Waals surface area contributed by atoms with Crippen LogP contribution in [0.15, 0.2) is 52.5 Å². The van der Waals surface area contributed by atoms with Crippen molar-refractivity contribution >= 4 is 17.7 Å². The maximum Gasteiger partial charge on any atom is 0.242 e. The van der Waals surface area contributed by atoms with E-state index >= 15 is 0 Å². The van der Waals surface area contributed by atoms with Crippen LogP contribution in [-0.2, 0) is 0 Å². The van der Waals surface area contributed by atoms with E-state index in [0.29, 0.717) is 11.2 Å². The predicted molar refractivity (Wildman–Crippen MR) is 92.4 cm³/mol. The number of benzene rings is 1. The van der Waals surface area contributed by atoms with E-state index in [1.165, 1.54) is 11.1 Å². The molecule has 0 radical (unpaired) electrons. The smallest absolute Gasteiger partial charge is 0.242 e. The van der Waals surface area contributed by atoms with Gasteiger partial charge in [0.05, 0.1) is 5.75 Å². The Hall–Kier alpha value is -1.81. The second-order valence-electron chi connectivity index (χ2n) is 5.60. The Morgan fingerprint density at radius 1 is 1.23 bits per heavy atom. The maximum absolute atomic E-state index is 12.5. The lowest BCUT2D eigenvalue weighted by molar-refractivity contribution is 0.0936. The highest BCUT2D eigenvalue weighted by molar-refractivity contribution is 8.00. The summed E-state index contributed by atoms with van der Waals surface area (Å²) in [6.07, 6.45) is 1.78. The molecule has 116 valence electrons. The zero-order valence-electron chi connectivity index (χ0n) is 13.5. The fourth-order valence-electron chi connectivity index (χ4n) is 2.09. The van der Waals surface area contributed by atoms with Gasteiger partial charge < -0.3 is 0 Å². The lowest BCUT2D eigenvalue weighted by Gasteiger charge is -2.09. The first-order valence-electron chi connectivity index (χ1n) is 7.42. The van der Waals surface area contributed by atoms with Gasteiger partial charge in [0.25, 0.3) is 0 Å². The van der Waals surface area contributed by atoms with Crippen molar-refractivity contribution in [3.63, 3.8) is 0 Å². The summed E-state index contributed by atoms with van der Waals surface area (Å²) in [7, 11) is 0. The van der Waals surface area contributed by atoms with Crippen molar-refractivity contribution in [2.45, 2.75) is 38.6 Å². The van der Waals surface area contributed by atoms with Gasteiger partial charge in [0.2, 0.25) is 5.91 Å². The van der Waals surface area contributed by atoms with Gasteiger partial charge in [-0.1, -0.05) is 23.8 Å². The van der Waals surface area contributed by atoms with Crippen LogP contribution >= 0.6 is 11.8 Å². The normalized spacial score (nSPS) is 12.0. The molecule has 22 heavy (non-hydrogen) atoms. The van der Waals surface area contributed by atoms with E-state index in [1.807, 2.05) is 32.0 Å². The number of carbonyl (C=O) groups is 1. The molecule has 3 nitrogen and oxygen atoms in total. The lowest BCUT2D eigenvalue weighted by atomic mass is 10.2. The van der Waals surface area contributed by atoms with Gasteiger partial charge >= 0.3 is 0 Å². The standard InChI is InChI=1S/C18H22N2OS/c1-13(2)19-17-7-5-6-10-20(17)18(21)12-22-16-11-14(3)8-9-15(16)4/h5-11,13H,12H2,1-4H3. The number of rotatable bonds is 4. The molecule has 0 amide bonds. The molecule has 0 unspecified atom stereocenters. The van der Waals surface area contributed by atoms with Crippen LogP contribution in [0.1, 0.15) is 29.8 Å². The molecule has 0 aliphatic rings. The Kier molecular flexibility index (Phi) is 5.61. The Balaban J connectivity index is 2.18. The summed E-state index contributed by atoms with van der Waals surface area (Å²) in [6.45, 7) is 8.15. The summed E-state index contributed by atoms with van der Waals surface area (Å²) >= 11 is 1.58. The number of hydrogen-bond acceptors (Lipinski definition) is 3. The Morgan fingerprint density at radius 3 is 2.73 bits per heavy atom. The second kappa shape index (κ2) is 7.45. The Labute approximate surface area is 136 Å². The first kappa shape index (κ1) is 16.6. The van der Waals surface area contributed by atoms with E-state index in [2.05, 4.69) is 37.0 Å². The quantitative estimate of drug-likeness (QED) is 0.803. The highest BCUT2D eigenvalue weighted by Gasteiger charge is 2.08. The number of aromatic nitrogens is 1. The number of aryl methyl sites for hydroxylation is 2. The third-order valence-electron chi connectivity index (χ3n) is 3.19. The van der Waals surface area contributed by atoms with Crippen LogP contribution < -0.4 is 5.49 Å². The number of hydrogen-bond donors (Lipinski definition) is 0. The van der Waals surface area contributed by atoms with Crippen LogP contribution in [0, 0.1) is 13.8 Å². The molecule has 1 aromatic heterocycles. The first-order valence-corrected chi connectivity index (χ1v) is 8.40. The van der Waals surface area contributed by atoms with Gasteiger partial charge in [0.15, 0.2) is 0 Å². The largest absolute Gasteiger partial charge is 0.273 e. The van der Waals surface area contributed by atoms with Crippen LogP contribution in [0.5, 0.6) is 0 Å². The van der Waals surface area contributed by atoms with E-state index < -0.39 is 0 Å². The summed E-state index contributed by atoms with van der Waals surface area (Å²) in [6, 6.07) is 12.1. The molecule has 0 N–H and O–H groups in total. The SMILES string of the molecule is Cc1ccc(C)c(SCC(=O)n2ccccc2=NC(C)C)c1. The van der Waals surface area contributed by atoms with Crippen molar-refractivity contribution in [3.8, 4) is 0 Å². The molecule has 2 aromatic rings. The van der Waals surface area contributed by atoms with E-state index in [1.54, 1.807) is 22.5 Å². The van der Waals surface area contributed by atoms with Gasteiger partial charge in [-0.2, -0.15) is 0 Å². The Morgan fingerprint density at radius 2 is 2.00 bits per heavy atom. The molecule has 4 heteroatoms. The lowest BCUT2D eigenvalue weighted by Crippen LogP contribution is -2.28. The fraction of sp³-hybridized carbons (Fsp3) is 0.333. The minimum atomic E-state index is 0.0471. The van der Waals surface area contributed by atoms with Gasteiger partial charge in [-0.05, 0) is 51.5 Å². The van der Waals surface area contributed by atoms with E-state index in [0.717, 1.165) is 4.90 Å².